The number of fused-ring (bicyclic) bond motifs is 1. The van der Waals surface area contributed by atoms with E-state index >= 15 is 0 Å². The zero-order chi connectivity index (χ0) is 14.3. The van der Waals surface area contributed by atoms with Crippen molar-refractivity contribution in [2.75, 3.05) is 6.54 Å². The Morgan fingerprint density at radius 3 is 2.80 bits per heavy atom. The van der Waals surface area contributed by atoms with E-state index < -0.39 is 0 Å². The predicted molar refractivity (Wildman–Crippen MR) is 81.4 cm³/mol. The van der Waals surface area contributed by atoms with Crippen LogP contribution in [0.5, 0.6) is 0 Å². The van der Waals surface area contributed by atoms with Gasteiger partial charge in [-0.1, -0.05) is 6.92 Å². The first-order valence-corrected chi connectivity index (χ1v) is 8.58. The van der Waals surface area contributed by atoms with Gasteiger partial charge in [-0.15, -0.1) is 11.3 Å². The molecule has 1 aromatic heterocycles. The maximum atomic E-state index is 12.7. The number of hydrogen-bond acceptors (Lipinski definition) is 3. The molecule has 1 aromatic rings. The lowest BCUT2D eigenvalue weighted by atomic mass is 10.0. The first-order valence-electron chi connectivity index (χ1n) is 6.97. The molecular weight excluding hydrogens is 340 g/mol. The van der Waals surface area contributed by atoms with Crippen molar-refractivity contribution in [1.82, 2.24) is 9.80 Å². The molecule has 0 saturated carbocycles. The van der Waals surface area contributed by atoms with Crippen LogP contribution in [0, 0.1) is 0 Å². The molecule has 2 fully saturated rings. The second kappa shape index (κ2) is 5.48. The highest BCUT2D eigenvalue weighted by Crippen LogP contribution is 2.31. The topological polar surface area (TPSA) is 40.6 Å². The van der Waals surface area contributed by atoms with Crippen LogP contribution >= 0.6 is 27.3 Å². The van der Waals surface area contributed by atoms with Gasteiger partial charge < -0.3 is 9.80 Å². The number of amides is 2. The molecule has 2 saturated heterocycles. The molecule has 0 aliphatic carbocycles. The Morgan fingerprint density at radius 1 is 1.35 bits per heavy atom. The van der Waals surface area contributed by atoms with E-state index in [1.807, 2.05) is 19.1 Å². The molecule has 2 atom stereocenters. The van der Waals surface area contributed by atoms with Gasteiger partial charge in [-0.2, -0.15) is 0 Å². The van der Waals surface area contributed by atoms with Gasteiger partial charge in [0.2, 0.25) is 11.8 Å². The molecule has 2 aliphatic rings. The highest BCUT2D eigenvalue weighted by atomic mass is 79.9. The van der Waals surface area contributed by atoms with Crippen LogP contribution in [0.15, 0.2) is 15.9 Å². The van der Waals surface area contributed by atoms with Crippen LogP contribution in [-0.2, 0) is 16.1 Å². The Morgan fingerprint density at radius 2 is 2.15 bits per heavy atom. The molecule has 2 unspecified atom stereocenters. The van der Waals surface area contributed by atoms with Gasteiger partial charge in [-0.25, -0.2) is 0 Å². The van der Waals surface area contributed by atoms with E-state index in [0.717, 1.165) is 28.0 Å². The molecule has 0 N–H and O–H groups in total. The maximum Gasteiger partial charge on any atom is 0.246 e. The smallest absolute Gasteiger partial charge is 0.246 e. The number of carbonyl (C=O) groups excluding carboxylic acids is 2. The van der Waals surface area contributed by atoms with Gasteiger partial charge in [-0.05, 0) is 47.3 Å². The zero-order valence-electron chi connectivity index (χ0n) is 11.3. The summed E-state index contributed by atoms with van der Waals surface area (Å²) < 4.78 is 1.05. The van der Waals surface area contributed by atoms with Crippen LogP contribution in [0.2, 0.25) is 0 Å². The predicted octanol–water partition coefficient (Wildman–Crippen LogP) is 2.62. The normalized spacial score (nSPS) is 26.3. The van der Waals surface area contributed by atoms with Crippen molar-refractivity contribution in [3.8, 4) is 0 Å². The molecule has 0 spiro atoms. The lowest BCUT2D eigenvalue weighted by Crippen LogP contribution is -2.62. The van der Waals surface area contributed by atoms with E-state index in [4.69, 9.17) is 0 Å². The van der Waals surface area contributed by atoms with Gasteiger partial charge >= 0.3 is 0 Å². The largest absolute Gasteiger partial charge is 0.329 e. The summed E-state index contributed by atoms with van der Waals surface area (Å²) >= 11 is 5.06. The second-order valence-electron chi connectivity index (χ2n) is 5.29. The maximum absolute atomic E-state index is 12.7. The summed E-state index contributed by atoms with van der Waals surface area (Å²) in [6, 6.07) is 3.49. The molecule has 3 heterocycles. The Bertz CT molecular complexity index is 545. The molecule has 108 valence electrons. The first-order chi connectivity index (χ1) is 9.61. The highest BCUT2D eigenvalue weighted by Gasteiger charge is 2.46. The summed E-state index contributed by atoms with van der Waals surface area (Å²) in [5.41, 5.74) is 0. The van der Waals surface area contributed by atoms with E-state index in [-0.39, 0.29) is 23.9 Å². The fraction of sp³-hybridized carbons (Fsp3) is 0.571. The summed E-state index contributed by atoms with van der Waals surface area (Å²) in [5.74, 6) is 0.253. The minimum atomic E-state index is -0.294. The summed E-state index contributed by atoms with van der Waals surface area (Å²) in [6.07, 6.45) is 2.43. The van der Waals surface area contributed by atoms with Gasteiger partial charge in [0.05, 0.1) is 10.3 Å². The fourth-order valence-electron chi connectivity index (χ4n) is 3.14. The lowest BCUT2D eigenvalue weighted by molar-refractivity contribution is -0.160. The number of rotatable bonds is 3. The van der Waals surface area contributed by atoms with Crippen molar-refractivity contribution in [2.24, 2.45) is 0 Å². The summed E-state index contributed by atoms with van der Waals surface area (Å²) in [7, 11) is 0. The van der Waals surface area contributed by atoms with Crippen LogP contribution in [0.1, 0.15) is 31.1 Å². The number of carbonyl (C=O) groups is 2. The van der Waals surface area contributed by atoms with Gasteiger partial charge in [0.15, 0.2) is 0 Å². The van der Waals surface area contributed by atoms with Crippen molar-refractivity contribution in [3.05, 3.63) is 20.8 Å². The summed E-state index contributed by atoms with van der Waals surface area (Å²) in [5, 5.41) is 0. The van der Waals surface area contributed by atoms with E-state index in [9.17, 15) is 9.59 Å². The van der Waals surface area contributed by atoms with Gasteiger partial charge in [-0.3, -0.25) is 9.59 Å². The average molecular weight is 357 g/mol. The number of nitrogens with zero attached hydrogens (tertiary/aromatic N) is 2. The average Bonchev–Trinajstić information content (AvgIpc) is 3.05. The van der Waals surface area contributed by atoms with Crippen LogP contribution in [-0.4, -0.2) is 40.2 Å². The number of thiophene rings is 1. The quantitative estimate of drug-likeness (QED) is 0.835. The van der Waals surface area contributed by atoms with Gasteiger partial charge in [0, 0.05) is 11.4 Å². The number of hydrogen-bond donors (Lipinski definition) is 0. The Hall–Kier alpha value is -0.880. The Labute approximate surface area is 130 Å². The molecule has 0 radical (unpaired) electrons. The van der Waals surface area contributed by atoms with E-state index in [1.165, 1.54) is 0 Å². The van der Waals surface area contributed by atoms with E-state index in [0.29, 0.717) is 13.0 Å². The Balaban J connectivity index is 1.86. The molecule has 0 bridgehead atoms. The van der Waals surface area contributed by atoms with E-state index in [2.05, 4.69) is 15.9 Å². The third-order valence-corrected chi connectivity index (χ3v) is 5.72. The zero-order valence-corrected chi connectivity index (χ0v) is 13.7. The summed E-state index contributed by atoms with van der Waals surface area (Å²) in [4.78, 5) is 29.9. The third kappa shape index (κ3) is 2.29. The van der Waals surface area contributed by atoms with Crippen molar-refractivity contribution in [2.45, 2.75) is 44.8 Å². The minimum Gasteiger partial charge on any atom is -0.329 e. The Kier molecular flexibility index (Phi) is 3.86. The number of piperazine rings is 1. The van der Waals surface area contributed by atoms with Crippen molar-refractivity contribution >= 4 is 39.1 Å². The van der Waals surface area contributed by atoms with Gasteiger partial charge in [0.1, 0.15) is 12.1 Å². The number of halogens is 1. The standard InChI is InChI=1S/C14H17BrN2O2S/c1-2-10-13(18)16-7-3-4-11(16)14(19)17(10)8-9-5-6-12(15)20-9/h5-6,10-11H,2-4,7-8H2,1H3. The molecule has 20 heavy (non-hydrogen) atoms. The van der Waals surface area contributed by atoms with Crippen molar-refractivity contribution in [1.29, 1.82) is 0 Å². The van der Waals surface area contributed by atoms with Gasteiger partial charge in [0.25, 0.3) is 0 Å². The van der Waals surface area contributed by atoms with Crippen molar-refractivity contribution < 1.29 is 9.59 Å². The van der Waals surface area contributed by atoms with Crippen LogP contribution < -0.4 is 0 Å². The highest BCUT2D eigenvalue weighted by molar-refractivity contribution is 9.11. The van der Waals surface area contributed by atoms with Crippen molar-refractivity contribution in [3.63, 3.8) is 0 Å². The lowest BCUT2D eigenvalue weighted by Gasteiger charge is -2.41. The summed E-state index contributed by atoms with van der Waals surface area (Å²) in [6.45, 7) is 3.26. The van der Waals surface area contributed by atoms with Crippen LogP contribution in [0.4, 0.5) is 0 Å². The minimum absolute atomic E-state index is 0.124. The molecule has 4 nitrogen and oxygen atoms in total. The van der Waals surface area contributed by atoms with E-state index in [1.54, 1.807) is 21.1 Å². The van der Waals surface area contributed by atoms with Crippen LogP contribution in [0.3, 0.4) is 0 Å². The molecular formula is C14H17BrN2O2S. The molecule has 2 aliphatic heterocycles. The SMILES string of the molecule is CCC1C(=O)N2CCCC2C(=O)N1Cc1ccc(Br)s1. The molecule has 0 aromatic carbocycles. The second-order valence-corrected chi connectivity index (χ2v) is 7.83. The third-order valence-electron chi connectivity index (χ3n) is 4.11. The fourth-order valence-corrected chi connectivity index (χ4v) is 4.63. The monoisotopic (exact) mass is 356 g/mol. The molecule has 2 amide bonds. The van der Waals surface area contributed by atoms with Crippen LogP contribution in [0.25, 0.3) is 0 Å². The molecule has 3 rings (SSSR count). The first kappa shape index (κ1) is 14.1. The molecule has 6 heteroatoms.